The van der Waals surface area contributed by atoms with Gasteiger partial charge in [-0.15, -0.1) is 10.2 Å². The second kappa shape index (κ2) is 10.5. The molecule has 196 valence electrons. The maximum Gasteiger partial charge on any atom is 0.410 e. The molecular weight excluding hydrogens is 474 g/mol. The highest BCUT2D eigenvalue weighted by Gasteiger charge is 2.42. The number of hydrogen-bond donors (Lipinski definition) is 1. The molecule has 0 radical (unpaired) electrons. The number of nitrogens with one attached hydrogen (secondary N) is 1. The van der Waals surface area contributed by atoms with Crippen LogP contribution in [0.2, 0.25) is 0 Å². The molecule has 1 aromatic carbocycles. The molecule has 2 aliphatic heterocycles. The molecule has 2 unspecified atom stereocenters. The molecule has 2 aliphatic rings. The van der Waals surface area contributed by atoms with E-state index in [-0.39, 0.29) is 37.4 Å². The average Bonchev–Trinajstić information content (AvgIpc) is 3.63. The van der Waals surface area contributed by atoms with Gasteiger partial charge in [0.25, 0.3) is 0 Å². The zero-order chi connectivity index (χ0) is 26.0. The molecule has 0 spiro atoms. The van der Waals surface area contributed by atoms with Crippen molar-refractivity contribution in [2.24, 2.45) is 5.41 Å². The van der Waals surface area contributed by atoms with Gasteiger partial charge in [0.2, 0.25) is 5.91 Å². The van der Waals surface area contributed by atoms with Crippen LogP contribution in [-0.4, -0.2) is 63.4 Å². The minimum absolute atomic E-state index is 0.0424. The van der Waals surface area contributed by atoms with Crippen LogP contribution in [0.1, 0.15) is 50.3 Å². The number of nitrogens with zero attached hydrogens (tertiary/aromatic N) is 4. The van der Waals surface area contributed by atoms with E-state index in [9.17, 15) is 9.59 Å². The first-order valence-corrected chi connectivity index (χ1v) is 12.6. The molecule has 2 fully saturated rings. The number of ether oxygens (including phenoxy) is 3. The molecule has 10 nitrogen and oxygen atoms in total. The van der Waals surface area contributed by atoms with Crippen molar-refractivity contribution >= 4 is 17.6 Å². The minimum atomic E-state index is -0.602. The average molecular weight is 508 g/mol. The lowest BCUT2D eigenvalue weighted by atomic mass is 9.95. The normalized spacial score (nSPS) is 19.8. The number of carbonyl (C=O) groups is 2. The molecule has 2 amide bonds. The van der Waals surface area contributed by atoms with Gasteiger partial charge in [-0.1, -0.05) is 57.2 Å². The summed E-state index contributed by atoms with van der Waals surface area (Å²) in [5.41, 5.74) is 1.72. The molecule has 10 heteroatoms. The smallest absolute Gasteiger partial charge is 0.410 e. The summed E-state index contributed by atoms with van der Waals surface area (Å²) in [4.78, 5) is 27.4. The van der Waals surface area contributed by atoms with Crippen LogP contribution in [0.5, 0.6) is 0 Å². The maximum atomic E-state index is 12.9. The van der Waals surface area contributed by atoms with Crippen LogP contribution in [0, 0.1) is 5.41 Å². The number of rotatable bonds is 8. The van der Waals surface area contributed by atoms with Crippen LogP contribution < -0.4 is 5.32 Å². The Bertz CT molecular complexity index is 1260. The van der Waals surface area contributed by atoms with Crippen molar-refractivity contribution in [3.63, 3.8) is 0 Å². The Morgan fingerprint density at radius 1 is 1.11 bits per heavy atom. The van der Waals surface area contributed by atoms with E-state index in [1.165, 1.54) is 0 Å². The van der Waals surface area contributed by atoms with Gasteiger partial charge < -0.3 is 24.4 Å². The minimum Gasteiger partial charge on any atom is -0.443 e. The van der Waals surface area contributed by atoms with Gasteiger partial charge in [0.15, 0.2) is 11.5 Å². The van der Waals surface area contributed by atoms with Crippen LogP contribution in [-0.2, 0) is 32.2 Å². The summed E-state index contributed by atoms with van der Waals surface area (Å²) in [6.07, 6.45) is 0.609. The highest BCUT2D eigenvalue weighted by atomic mass is 16.6. The predicted molar refractivity (Wildman–Crippen MR) is 134 cm³/mol. The molecule has 0 aliphatic carbocycles. The van der Waals surface area contributed by atoms with Crippen LogP contribution in [0.3, 0.4) is 0 Å². The first-order chi connectivity index (χ1) is 17.8. The Morgan fingerprint density at radius 2 is 1.92 bits per heavy atom. The van der Waals surface area contributed by atoms with Crippen LogP contribution in [0.15, 0.2) is 48.5 Å². The van der Waals surface area contributed by atoms with Crippen LogP contribution in [0.25, 0.3) is 5.65 Å². The summed E-state index contributed by atoms with van der Waals surface area (Å²) in [5, 5.41) is 11.8. The topological polar surface area (TPSA) is 107 Å². The van der Waals surface area contributed by atoms with E-state index in [1.807, 2.05) is 73.7 Å². The number of hydrogen-bond acceptors (Lipinski definition) is 7. The Hall–Kier alpha value is -3.50. The maximum absolute atomic E-state index is 12.9. The monoisotopic (exact) mass is 507 g/mol. The molecule has 2 saturated heterocycles. The van der Waals surface area contributed by atoms with Crippen molar-refractivity contribution in [3.8, 4) is 0 Å². The van der Waals surface area contributed by atoms with Gasteiger partial charge in [0.05, 0.1) is 44.2 Å². The Balaban J connectivity index is 1.35. The van der Waals surface area contributed by atoms with Crippen molar-refractivity contribution in [2.45, 2.75) is 58.6 Å². The third-order valence-electron chi connectivity index (χ3n) is 6.71. The first kappa shape index (κ1) is 25.2. The number of fused-ring (bicyclic) bond motifs is 3. The number of aromatic nitrogens is 3. The second-order valence-corrected chi connectivity index (χ2v) is 10.6. The fourth-order valence-electron chi connectivity index (χ4n) is 4.64. The Kier molecular flexibility index (Phi) is 7.12. The molecule has 1 N–H and O–H groups in total. The second-order valence-electron chi connectivity index (χ2n) is 10.6. The number of amides is 2. The predicted octanol–water partition coefficient (Wildman–Crippen LogP) is 3.26. The lowest BCUT2D eigenvalue weighted by Crippen LogP contribution is -2.41. The largest absolute Gasteiger partial charge is 0.443 e. The van der Waals surface area contributed by atoms with E-state index in [2.05, 4.69) is 15.5 Å². The van der Waals surface area contributed by atoms with Crippen molar-refractivity contribution < 1.29 is 23.8 Å². The van der Waals surface area contributed by atoms with E-state index in [0.29, 0.717) is 36.9 Å². The quantitative estimate of drug-likeness (QED) is 0.499. The molecule has 37 heavy (non-hydrogen) atoms. The van der Waals surface area contributed by atoms with Gasteiger partial charge in [0, 0.05) is 5.41 Å². The number of carbonyl (C=O) groups excluding carboxylic acids is 2. The van der Waals surface area contributed by atoms with Crippen molar-refractivity contribution in [3.05, 3.63) is 65.6 Å². The SMILES string of the molecule is CC(C)(C)C(=O)N[C@H](COCc1ccccc1)c1nnc2cccc(COC(=O)N3CC4CC3CO4)n12. The van der Waals surface area contributed by atoms with Crippen LogP contribution >= 0.6 is 0 Å². The molecule has 3 atom stereocenters. The summed E-state index contributed by atoms with van der Waals surface area (Å²) in [5.74, 6) is 0.383. The number of benzene rings is 1. The lowest BCUT2D eigenvalue weighted by Gasteiger charge is -2.26. The van der Waals surface area contributed by atoms with E-state index in [1.54, 1.807) is 4.90 Å². The summed E-state index contributed by atoms with van der Waals surface area (Å²) < 4.78 is 19.1. The number of morpholine rings is 1. The van der Waals surface area contributed by atoms with E-state index < -0.39 is 11.5 Å². The molecule has 4 heterocycles. The van der Waals surface area contributed by atoms with Crippen molar-refractivity contribution in [2.75, 3.05) is 19.8 Å². The summed E-state index contributed by atoms with van der Waals surface area (Å²) in [6.45, 7) is 7.32. The van der Waals surface area contributed by atoms with E-state index in [4.69, 9.17) is 14.2 Å². The molecule has 0 saturated carbocycles. The third kappa shape index (κ3) is 5.60. The number of pyridine rings is 1. The molecular formula is C27H33N5O5. The van der Waals surface area contributed by atoms with Gasteiger partial charge in [-0.05, 0) is 24.1 Å². The Labute approximate surface area is 215 Å². The van der Waals surface area contributed by atoms with E-state index >= 15 is 0 Å². The number of likely N-dealkylation sites (tertiary alicyclic amines) is 1. The highest BCUT2D eigenvalue weighted by molar-refractivity contribution is 5.81. The Morgan fingerprint density at radius 3 is 2.62 bits per heavy atom. The fraction of sp³-hybridized carbons (Fsp3) is 0.481. The molecule has 5 rings (SSSR count). The van der Waals surface area contributed by atoms with Gasteiger partial charge >= 0.3 is 6.09 Å². The third-order valence-corrected chi connectivity index (χ3v) is 6.71. The van der Waals surface area contributed by atoms with Gasteiger partial charge in [0.1, 0.15) is 12.6 Å². The van der Waals surface area contributed by atoms with E-state index in [0.717, 1.165) is 12.0 Å². The van der Waals surface area contributed by atoms with Gasteiger partial charge in [-0.3, -0.25) is 9.20 Å². The first-order valence-electron chi connectivity index (χ1n) is 12.6. The highest BCUT2D eigenvalue weighted by Crippen LogP contribution is 2.28. The van der Waals surface area contributed by atoms with Crippen LogP contribution in [0.4, 0.5) is 4.79 Å². The summed E-state index contributed by atoms with van der Waals surface area (Å²) in [6, 6.07) is 14.9. The summed E-state index contributed by atoms with van der Waals surface area (Å²) in [7, 11) is 0. The fourth-order valence-corrected chi connectivity index (χ4v) is 4.64. The lowest BCUT2D eigenvalue weighted by molar-refractivity contribution is -0.129. The van der Waals surface area contributed by atoms with Crippen molar-refractivity contribution in [1.29, 1.82) is 0 Å². The zero-order valence-electron chi connectivity index (χ0n) is 21.4. The standard InChI is InChI=1S/C27H33N5O5/c1-27(2,3)25(33)28-22(17-35-14-18-8-5-4-6-9-18)24-30-29-23-11-7-10-19(32(23)24)15-37-26(34)31-13-21-12-20(31)16-36-21/h4-11,20-22H,12-17H2,1-3H3,(H,28,33)/t20?,21?,22-/m1/s1. The summed E-state index contributed by atoms with van der Waals surface area (Å²) >= 11 is 0. The van der Waals surface area contributed by atoms with Gasteiger partial charge in [-0.25, -0.2) is 4.79 Å². The molecule has 2 aromatic heterocycles. The van der Waals surface area contributed by atoms with Crippen molar-refractivity contribution in [1.82, 2.24) is 24.8 Å². The molecule has 2 bridgehead atoms. The zero-order valence-corrected chi connectivity index (χ0v) is 21.4. The molecule has 3 aromatic rings. The van der Waals surface area contributed by atoms with Gasteiger partial charge in [-0.2, -0.15) is 0 Å².